The van der Waals surface area contributed by atoms with Crippen molar-refractivity contribution in [2.24, 2.45) is 11.8 Å². The molecule has 0 spiro atoms. The predicted octanol–water partition coefficient (Wildman–Crippen LogP) is 0.886. The number of carbonyl (C=O) groups is 2. The maximum absolute atomic E-state index is 12.0. The Balaban J connectivity index is 2.02. The number of rotatable bonds is 2. The molecule has 0 radical (unpaired) electrons. The highest BCUT2D eigenvalue weighted by Gasteiger charge is 2.39. The zero-order valence-corrected chi connectivity index (χ0v) is 8.56. The van der Waals surface area contributed by atoms with Gasteiger partial charge < -0.3 is 10.0 Å². The van der Waals surface area contributed by atoms with Crippen LogP contribution in [0.25, 0.3) is 0 Å². The summed E-state index contributed by atoms with van der Waals surface area (Å²) in [6, 6.07) is 0. The second kappa shape index (κ2) is 4.04. The third-order valence-electron chi connectivity index (χ3n) is 3.28. The zero-order chi connectivity index (χ0) is 10.8. The smallest absolute Gasteiger partial charge is 0.307 e. The van der Waals surface area contributed by atoms with Crippen molar-refractivity contribution in [3.8, 4) is 0 Å². The second-order valence-electron chi connectivity index (χ2n) is 4.20. The van der Waals surface area contributed by atoms with Gasteiger partial charge in [-0.05, 0) is 12.8 Å². The minimum Gasteiger partial charge on any atom is -0.481 e. The normalized spacial score (nSPS) is 29.7. The SMILES string of the molecule is O=C(O)C1CCCC1C(=O)N1CC=CC1. The van der Waals surface area contributed by atoms with E-state index in [-0.39, 0.29) is 11.8 Å². The molecule has 2 rings (SSSR count). The number of hydrogen-bond acceptors (Lipinski definition) is 2. The molecule has 2 atom stereocenters. The van der Waals surface area contributed by atoms with Crippen molar-refractivity contribution in [1.29, 1.82) is 0 Å². The quantitative estimate of drug-likeness (QED) is 0.687. The first-order chi connectivity index (χ1) is 7.20. The molecule has 4 nitrogen and oxygen atoms in total. The minimum absolute atomic E-state index is 0.0184. The molecule has 1 fully saturated rings. The van der Waals surface area contributed by atoms with Crippen molar-refractivity contribution in [2.75, 3.05) is 13.1 Å². The predicted molar refractivity (Wildman–Crippen MR) is 54.2 cm³/mol. The molecule has 1 N–H and O–H groups in total. The third kappa shape index (κ3) is 1.89. The van der Waals surface area contributed by atoms with Gasteiger partial charge in [0.2, 0.25) is 5.91 Å². The molecule has 0 aromatic carbocycles. The fraction of sp³-hybridized carbons (Fsp3) is 0.636. The van der Waals surface area contributed by atoms with E-state index in [1.807, 2.05) is 12.2 Å². The Morgan fingerprint density at radius 2 is 1.73 bits per heavy atom. The van der Waals surface area contributed by atoms with E-state index in [0.717, 1.165) is 12.8 Å². The van der Waals surface area contributed by atoms with Crippen LogP contribution >= 0.6 is 0 Å². The van der Waals surface area contributed by atoms with Crippen molar-refractivity contribution < 1.29 is 14.7 Å². The molecule has 0 bridgehead atoms. The lowest BCUT2D eigenvalue weighted by Gasteiger charge is -2.22. The second-order valence-corrected chi connectivity index (χ2v) is 4.20. The molecule has 0 saturated heterocycles. The van der Waals surface area contributed by atoms with Crippen LogP contribution in [0.2, 0.25) is 0 Å². The first-order valence-corrected chi connectivity index (χ1v) is 5.36. The maximum atomic E-state index is 12.0. The van der Waals surface area contributed by atoms with Crippen LogP contribution < -0.4 is 0 Å². The van der Waals surface area contributed by atoms with E-state index in [1.54, 1.807) is 4.90 Å². The monoisotopic (exact) mass is 209 g/mol. The van der Waals surface area contributed by atoms with Crippen LogP contribution in [0.15, 0.2) is 12.2 Å². The Kier molecular flexibility index (Phi) is 2.75. The van der Waals surface area contributed by atoms with Gasteiger partial charge >= 0.3 is 5.97 Å². The molecule has 1 amide bonds. The molecule has 1 saturated carbocycles. The van der Waals surface area contributed by atoms with Gasteiger partial charge in [0.15, 0.2) is 0 Å². The van der Waals surface area contributed by atoms with Gasteiger partial charge in [0, 0.05) is 13.1 Å². The van der Waals surface area contributed by atoms with Gasteiger partial charge in [0.05, 0.1) is 11.8 Å². The summed E-state index contributed by atoms with van der Waals surface area (Å²) >= 11 is 0. The number of amides is 1. The summed E-state index contributed by atoms with van der Waals surface area (Å²) in [5, 5.41) is 8.99. The lowest BCUT2D eigenvalue weighted by atomic mass is 9.95. The summed E-state index contributed by atoms with van der Waals surface area (Å²) < 4.78 is 0. The number of aliphatic carboxylic acids is 1. The van der Waals surface area contributed by atoms with Gasteiger partial charge in [0.25, 0.3) is 0 Å². The van der Waals surface area contributed by atoms with E-state index in [1.165, 1.54) is 0 Å². The Morgan fingerprint density at radius 3 is 2.33 bits per heavy atom. The van der Waals surface area contributed by atoms with Gasteiger partial charge in [-0.15, -0.1) is 0 Å². The lowest BCUT2D eigenvalue weighted by Crippen LogP contribution is -2.37. The minimum atomic E-state index is -0.821. The summed E-state index contributed by atoms with van der Waals surface area (Å²) in [5.41, 5.74) is 0. The summed E-state index contributed by atoms with van der Waals surface area (Å²) in [6.45, 7) is 1.28. The molecule has 15 heavy (non-hydrogen) atoms. The summed E-state index contributed by atoms with van der Waals surface area (Å²) in [5.74, 6) is -1.55. The Bertz CT molecular complexity index is 303. The Morgan fingerprint density at radius 1 is 1.13 bits per heavy atom. The highest BCUT2D eigenvalue weighted by Crippen LogP contribution is 2.33. The number of nitrogens with zero attached hydrogens (tertiary/aromatic N) is 1. The van der Waals surface area contributed by atoms with E-state index in [4.69, 9.17) is 5.11 Å². The van der Waals surface area contributed by atoms with Gasteiger partial charge in [-0.1, -0.05) is 18.6 Å². The van der Waals surface area contributed by atoms with Crippen molar-refractivity contribution in [2.45, 2.75) is 19.3 Å². The van der Waals surface area contributed by atoms with E-state index < -0.39 is 11.9 Å². The summed E-state index contributed by atoms with van der Waals surface area (Å²) in [4.78, 5) is 24.7. The van der Waals surface area contributed by atoms with Crippen molar-refractivity contribution >= 4 is 11.9 Å². The molecule has 1 heterocycles. The number of carboxylic acids is 1. The fourth-order valence-electron chi connectivity index (χ4n) is 2.44. The Hall–Kier alpha value is -1.32. The highest BCUT2D eigenvalue weighted by molar-refractivity contribution is 5.85. The van der Waals surface area contributed by atoms with Gasteiger partial charge in [-0.2, -0.15) is 0 Å². The van der Waals surface area contributed by atoms with Crippen molar-refractivity contribution in [3.63, 3.8) is 0 Å². The van der Waals surface area contributed by atoms with Crippen LogP contribution in [0.4, 0.5) is 0 Å². The highest BCUT2D eigenvalue weighted by atomic mass is 16.4. The van der Waals surface area contributed by atoms with Crippen LogP contribution in [0, 0.1) is 11.8 Å². The topological polar surface area (TPSA) is 57.6 Å². The van der Waals surface area contributed by atoms with E-state index in [0.29, 0.717) is 19.5 Å². The number of carboxylic acid groups (broad SMARTS) is 1. The van der Waals surface area contributed by atoms with Crippen molar-refractivity contribution in [3.05, 3.63) is 12.2 Å². The summed E-state index contributed by atoms with van der Waals surface area (Å²) in [7, 11) is 0. The largest absolute Gasteiger partial charge is 0.481 e. The van der Waals surface area contributed by atoms with Gasteiger partial charge in [0.1, 0.15) is 0 Å². The zero-order valence-electron chi connectivity index (χ0n) is 8.56. The average molecular weight is 209 g/mol. The van der Waals surface area contributed by atoms with Crippen LogP contribution in [-0.2, 0) is 9.59 Å². The van der Waals surface area contributed by atoms with Crippen LogP contribution in [0.3, 0.4) is 0 Å². The first-order valence-electron chi connectivity index (χ1n) is 5.36. The van der Waals surface area contributed by atoms with Crippen LogP contribution in [0.5, 0.6) is 0 Å². The Labute approximate surface area is 88.6 Å². The van der Waals surface area contributed by atoms with Crippen molar-refractivity contribution in [1.82, 2.24) is 4.90 Å². The first kappa shape index (κ1) is 10.2. The maximum Gasteiger partial charge on any atom is 0.307 e. The number of carbonyl (C=O) groups excluding carboxylic acids is 1. The van der Waals surface area contributed by atoms with Gasteiger partial charge in [-0.3, -0.25) is 9.59 Å². The molecule has 0 aromatic heterocycles. The summed E-state index contributed by atoms with van der Waals surface area (Å²) in [6.07, 6.45) is 6.12. The van der Waals surface area contributed by atoms with Crippen LogP contribution in [-0.4, -0.2) is 35.0 Å². The lowest BCUT2D eigenvalue weighted by molar-refractivity contribution is -0.148. The third-order valence-corrected chi connectivity index (χ3v) is 3.28. The molecule has 4 heteroatoms. The van der Waals surface area contributed by atoms with Crippen LogP contribution in [0.1, 0.15) is 19.3 Å². The molecule has 82 valence electrons. The van der Waals surface area contributed by atoms with E-state index in [2.05, 4.69) is 0 Å². The molecular weight excluding hydrogens is 194 g/mol. The molecule has 1 aliphatic carbocycles. The molecule has 0 aromatic rings. The van der Waals surface area contributed by atoms with E-state index in [9.17, 15) is 9.59 Å². The average Bonchev–Trinajstić information content (AvgIpc) is 2.88. The standard InChI is InChI=1S/C11H15NO3/c13-10(12-6-1-2-7-12)8-4-3-5-9(8)11(14)15/h1-2,8-9H,3-7H2,(H,14,15). The molecule has 2 aliphatic rings. The van der Waals surface area contributed by atoms with Gasteiger partial charge in [-0.25, -0.2) is 0 Å². The number of hydrogen-bond donors (Lipinski definition) is 1. The molecular formula is C11H15NO3. The fourth-order valence-corrected chi connectivity index (χ4v) is 2.44. The molecule has 1 aliphatic heterocycles. The molecule has 2 unspecified atom stereocenters. The van der Waals surface area contributed by atoms with E-state index >= 15 is 0 Å².